The molecule has 0 unspecified atom stereocenters. The maximum Gasteiger partial charge on any atom is 0.328 e. The highest BCUT2D eigenvalue weighted by molar-refractivity contribution is 14.0. The smallest absolute Gasteiger partial charge is 0.328 e. The lowest BCUT2D eigenvalue weighted by molar-refractivity contribution is -0.152. The quantitative estimate of drug-likeness (QED) is 0.241. The number of guanidine groups is 1. The van der Waals surface area contributed by atoms with E-state index >= 15 is 0 Å². The first-order valence-corrected chi connectivity index (χ1v) is 10.1. The van der Waals surface area contributed by atoms with Crippen LogP contribution in [0.15, 0.2) is 4.99 Å². The molecule has 0 atom stereocenters. The van der Waals surface area contributed by atoms with E-state index in [2.05, 4.69) is 20.1 Å². The maximum absolute atomic E-state index is 12.4. The van der Waals surface area contributed by atoms with E-state index in [-0.39, 0.29) is 42.4 Å². The van der Waals surface area contributed by atoms with Crippen molar-refractivity contribution in [3.05, 3.63) is 0 Å². The van der Waals surface area contributed by atoms with Crippen LogP contribution in [0.4, 0.5) is 0 Å². The zero-order chi connectivity index (χ0) is 20.6. The average Bonchev–Trinajstić information content (AvgIpc) is 2.65. The number of nitrogens with one attached hydrogen (secondary N) is 1. The number of aliphatic imine (C=N–C) groups is 1. The first-order chi connectivity index (χ1) is 13.3. The molecule has 2 heterocycles. The highest BCUT2D eigenvalue weighted by Crippen LogP contribution is 2.08. The van der Waals surface area contributed by atoms with Crippen LogP contribution in [-0.4, -0.2) is 110 Å². The minimum absolute atomic E-state index is 0. The molecule has 0 radical (unpaired) electrons. The zero-order valence-electron chi connectivity index (χ0n) is 18.1. The molecule has 0 aromatic rings. The van der Waals surface area contributed by atoms with Crippen LogP contribution < -0.4 is 5.32 Å². The van der Waals surface area contributed by atoms with Gasteiger partial charge in [0.1, 0.15) is 12.1 Å². The first-order valence-electron chi connectivity index (χ1n) is 10.1. The molecule has 29 heavy (non-hydrogen) atoms. The third-order valence-corrected chi connectivity index (χ3v) is 4.51. The molecule has 9 nitrogen and oxygen atoms in total. The topological polar surface area (TPSA) is 86.7 Å². The summed E-state index contributed by atoms with van der Waals surface area (Å²) in [6, 6.07) is 0. The summed E-state index contributed by atoms with van der Waals surface area (Å²) in [6.07, 6.45) is 0. The van der Waals surface area contributed by atoms with Crippen molar-refractivity contribution < 1.29 is 19.1 Å². The number of carbonyl (C=O) groups is 2. The number of halogens is 1. The number of hydrogen-bond acceptors (Lipinski definition) is 6. The predicted molar refractivity (Wildman–Crippen MR) is 123 cm³/mol. The van der Waals surface area contributed by atoms with Gasteiger partial charge in [-0.2, -0.15) is 0 Å². The fourth-order valence-corrected chi connectivity index (χ4v) is 3.16. The summed E-state index contributed by atoms with van der Waals surface area (Å²) in [5.41, 5.74) is -0.510. The molecule has 0 bridgehead atoms. The number of rotatable bonds is 5. The predicted octanol–water partition coefficient (Wildman–Crippen LogP) is 0.388. The Morgan fingerprint density at radius 2 is 1.66 bits per heavy atom. The van der Waals surface area contributed by atoms with Crippen LogP contribution in [0.3, 0.4) is 0 Å². The van der Waals surface area contributed by atoms with Crippen molar-refractivity contribution in [3.63, 3.8) is 0 Å². The van der Waals surface area contributed by atoms with Crippen molar-refractivity contribution in [2.24, 2.45) is 4.99 Å². The number of hydrogen-bond donors (Lipinski definition) is 1. The number of carbonyl (C=O) groups excluding carboxylic acids is 2. The van der Waals surface area contributed by atoms with Crippen LogP contribution in [0, 0.1) is 0 Å². The van der Waals surface area contributed by atoms with E-state index in [0.29, 0.717) is 38.8 Å². The zero-order valence-corrected chi connectivity index (χ0v) is 20.4. The van der Waals surface area contributed by atoms with Crippen molar-refractivity contribution in [2.75, 3.05) is 72.1 Å². The molecule has 0 aliphatic carbocycles. The molecule has 1 amide bonds. The Morgan fingerprint density at radius 3 is 2.21 bits per heavy atom. The number of ether oxygens (including phenoxy) is 2. The normalized spacial score (nSPS) is 18.8. The monoisotopic (exact) mass is 525 g/mol. The van der Waals surface area contributed by atoms with E-state index in [9.17, 15) is 9.59 Å². The average molecular weight is 525 g/mol. The van der Waals surface area contributed by atoms with Crippen molar-refractivity contribution >= 4 is 41.8 Å². The molecular weight excluding hydrogens is 489 g/mol. The highest BCUT2D eigenvalue weighted by atomic mass is 127. The van der Waals surface area contributed by atoms with Crippen molar-refractivity contribution in [2.45, 2.75) is 33.3 Å². The first kappa shape index (κ1) is 25.9. The van der Waals surface area contributed by atoms with Gasteiger partial charge in [0, 0.05) is 45.8 Å². The lowest BCUT2D eigenvalue weighted by atomic mass is 10.2. The van der Waals surface area contributed by atoms with Gasteiger partial charge in [0.15, 0.2) is 5.96 Å². The second kappa shape index (κ2) is 12.5. The van der Waals surface area contributed by atoms with Crippen LogP contribution in [-0.2, 0) is 19.1 Å². The summed E-state index contributed by atoms with van der Waals surface area (Å²) in [6.45, 7) is 14.4. The Balaban J connectivity index is 0.00000420. The minimum Gasteiger partial charge on any atom is -0.459 e. The van der Waals surface area contributed by atoms with Crippen LogP contribution in [0.25, 0.3) is 0 Å². The van der Waals surface area contributed by atoms with Crippen LogP contribution in [0.1, 0.15) is 27.7 Å². The summed E-state index contributed by atoms with van der Waals surface area (Å²) < 4.78 is 10.6. The lowest BCUT2D eigenvalue weighted by Gasteiger charge is -2.37. The second-order valence-corrected chi connectivity index (χ2v) is 8.01. The van der Waals surface area contributed by atoms with Crippen molar-refractivity contribution in [1.82, 2.24) is 20.0 Å². The Morgan fingerprint density at radius 1 is 1.03 bits per heavy atom. The number of nitrogens with zero attached hydrogens (tertiary/aromatic N) is 4. The van der Waals surface area contributed by atoms with E-state index in [4.69, 9.17) is 9.47 Å². The van der Waals surface area contributed by atoms with Gasteiger partial charge in [-0.15, -0.1) is 24.0 Å². The Labute approximate surface area is 191 Å². The van der Waals surface area contributed by atoms with Crippen molar-refractivity contribution in [3.8, 4) is 0 Å². The van der Waals surface area contributed by atoms with Crippen LogP contribution in [0.2, 0.25) is 0 Å². The third-order valence-electron chi connectivity index (χ3n) is 4.51. The molecule has 2 saturated heterocycles. The molecule has 2 rings (SSSR count). The summed E-state index contributed by atoms with van der Waals surface area (Å²) in [7, 11) is 0. The Kier molecular flexibility index (Phi) is 11.2. The molecular formula is C19H36IN5O4. The summed E-state index contributed by atoms with van der Waals surface area (Å²) in [5.74, 6) is 0.549. The van der Waals surface area contributed by atoms with E-state index in [1.807, 2.05) is 32.6 Å². The summed E-state index contributed by atoms with van der Waals surface area (Å²) >= 11 is 0. The number of piperazine rings is 1. The second-order valence-electron chi connectivity index (χ2n) is 8.01. The van der Waals surface area contributed by atoms with Gasteiger partial charge in [-0.05, 0) is 27.7 Å². The van der Waals surface area contributed by atoms with Crippen LogP contribution in [0.5, 0.6) is 0 Å². The van der Waals surface area contributed by atoms with E-state index < -0.39 is 5.60 Å². The van der Waals surface area contributed by atoms with Gasteiger partial charge in [0.25, 0.3) is 0 Å². The van der Waals surface area contributed by atoms with Gasteiger partial charge in [-0.1, -0.05) is 0 Å². The minimum atomic E-state index is -0.510. The molecule has 0 aromatic carbocycles. The fourth-order valence-electron chi connectivity index (χ4n) is 3.16. The van der Waals surface area contributed by atoms with Gasteiger partial charge in [0.2, 0.25) is 5.91 Å². The Bertz CT molecular complexity index is 553. The SMILES string of the molecule is CCNC(=NCC(=O)OC(C)(C)C)N1CCN(CC(=O)N2CCOCC2)CC1.I. The molecule has 1 N–H and O–H groups in total. The molecule has 2 aliphatic rings. The van der Waals surface area contributed by atoms with E-state index in [1.54, 1.807) is 0 Å². The lowest BCUT2D eigenvalue weighted by Crippen LogP contribution is -2.55. The number of amides is 1. The number of esters is 1. The summed E-state index contributed by atoms with van der Waals surface area (Å²) in [4.78, 5) is 35.0. The molecule has 10 heteroatoms. The van der Waals surface area contributed by atoms with Crippen LogP contribution >= 0.6 is 24.0 Å². The third kappa shape index (κ3) is 9.47. The standard InChI is InChI=1S/C19H35N5O4.HI/c1-5-20-18(21-14-17(26)28-19(2,3)4)24-8-6-22(7-9-24)15-16(25)23-10-12-27-13-11-23;/h5-15H2,1-4H3,(H,20,21);1H. The van der Waals surface area contributed by atoms with Gasteiger partial charge in [0.05, 0.1) is 19.8 Å². The van der Waals surface area contributed by atoms with Gasteiger partial charge in [-0.3, -0.25) is 14.5 Å². The van der Waals surface area contributed by atoms with Gasteiger partial charge in [-0.25, -0.2) is 4.99 Å². The molecule has 0 saturated carbocycles. The molecule has 2 fully saturated rings. The molecule has 0 aromatic heterocycles. The molecule has 2 aliphatic heterocycles. The van der Waals surface area contributed by atoms with E-state index in [0.717, 1.165) is 32.7 Å². The highest BCUT2D eigenvalue weighted by Gasteiger charge is 2.24. The van der Waals surface area contributed by atoms with E-state index in [1.165, 1.54) is 0 Å². The maximum atomic E-state index is 12.4. The molecule has 0 spiro atoms. The van der Waals surface area contributed by atoms with Gasteiger partial charge >= 0.3 is 5.97 Å². The number of morpholine rings is 1. The Hall–Kier alpha value is -1.14. The van der Waals surface area contributed by atoms with Gasteiger partial charge < -0.3 is 24.6 Å². The largest absolute Gasteiger partial charge is 0.459 e. The molecule has 168 valence electrons. The summed E-state index contributed by atoms with van der Waals surface area (Å²) in [5, 5.41) is 3.24. The van der Waals surface area contributed by atoms with Crippen molar-refractivity contribution in [1.29, 1.82) is 0 Å². The fraction of sp³-hybridized carbons (Fsp3) is 0.842.